The number of aryl methyl sites for hydroxylation is 1. The molecule has 0 spiro atoms. The summed E-state index contributed by atoms with van der Waals surface area (Å²) in [7, 11) is 0. The lowest BCUT2D eigenvalue weighted by Crippen LogP contribution is -2.52. The van der Waals surface area contributed by atoms with Crippen LogP contribution in [-0.4, -0.2) is 28.8 Å². The smallest absolute Gasteiger partial charge is 0.243 e. The predicted molar refractivity (Wildman–Crippen MR) is 141 cm³/mol. The minimum Gasteiger partial charge on any atom is -0.352 e. The lowest BCUT2D eigenvalue weighted by Gasteiger charge is -2.32. The summed E-state index contributed by atoms with van der Waals surface area (Å²) in [5.74, 6) is -0.787. The van der Waals surface area contributed by atoms with Crippen LogP contribution in [0, 0.1) is 5.82 Å². The van der Waals surface area contributed by atoms with Gasteiger partial charge in [0.25, 0.3) is 0 Å². The Bertz CT molecular complexity index is 1160. The van der Waals surface area contributed by atoms with Gasteiger partial charge in [-0.2, -0.15) is 0 Å². The number of hydrogen-bond acceptors (Lipinski definition) is 2. The fraction of sp³-hybridized carbons (Fsp3) is 0.333. The normalized spacial score (nSPS) is 14.4. The van der Waals surface area contributed by atoms with E-state index in [-0.39, 0.29) is 30.8 Å². The molecule has 4 nitrogen and oxygen atoms in total. The molecule has 0 aromatic heterocycles. The molecule has 0 saturated heterocycles. The van der Waals surface area contributed by atoms with Crippen LogP contribution in [-0.2, 0) is 29.0 Å². The summed E-state index contributed by atoms with van der Waals surface area (Å²) in [6.07, 6.45) is 5.02. The Hall–Kier alpha value is -3.18. The predicted octanol–water partition coefficient (Wildman–Crippen LogP) is 6.11. The van der Waals surface area contributed by atoms with E-state index >= 15 is 0 Å². The summed E-state index contributed by atoms with van der Waals surface area (Å²) in [4.78, 5) is 28.9. The molecule has 1 fully saturated rings. The van der Waals surface area contributed by atoms with Gasteiger partial charge in [0.1, 0.15) is 11.9 Å². The van der Waals surface area contributed by atoms with E-state index in [9.17, 15) is 14.0 Å². The van der Waals surface area contributed by atoms with Gasteiger partial charge in [-0.05, 0) is 42.5 Å². The zero-order valence-electron chi connectivity index (χ0n) is 20.3. The number of benzene rings is 3. The standard InChI is InChI=1S/C30H32ClFN2O2/c31-26-16-8-4-12-23(26)18-19-29(35)34(21-24-13-5-9-17-27(24)32)28(20-22-10-2-1-3-11-22)30(36)33-25-14-6-7-15-25/h1-5,8-13,16-17,25,28H,6-7,14-15,18-21H2,(H,33,36)/t28-/m1/s1. The van der Waals surface area contributed by atoms with Crippen LogP contribution in [0.4, 0.5) is 4.39 Å². The first-order chi connectivity index (χ1) is 17.5. The van der Waals surface area contributed by atoms with Crippen molar-refractivity contribution < 1.29 is 14.0 Å². The number of halogens is 2. The van der Waals surface area contributed by atoms with E-state index in [0.29, 0.717) is 23.4 Å². The number of carbonyl (C=O) groups excluding carboxylic acids is 2. The number of hydrogen-bond donors (Lipinski definition) is 1. The van der Waals surface area contributed by atoms with Gasteiger partial charge in [-0.3, -0.25) is 9.59 Å². The zero-order valence-corrected chi connectivity index (χ0v) is 21.1. The SMILES string of the molecule is O=C(NC1CCCC1)[C@@H](Cc1ccccc1)N(Cc1ccccc1F)C(=O)CCc1ccccc1Cl. The Balaban J connectivity index is 1.63. The van der Waals surface area contributed by atoms with Crippen molar-refractivity contribution in [3.05, 3.63) is 106 Å². The summed E-state index contributed by atoms with van der Waals surface area (Å²) in [6, 6.07) is 22.9. The van der Waals surface area contributed by atoms with Gasteiger partial charge in [-0.25, -0.2) is 4.39 Å². The molecular formula is C30H32ClFN2O2. The minimum absolute atomic E-state index is 0.0175. The van der Waals surface area contributed by atoms with E-state index in [2.05, 4.69) is 5.32 Å². The maximum atomic E-state index is 14.7. The highest BCUT2D eigenvalue weighted by atomic mass is 35.5. The molecule has 1 saturated carbocycles. The molecule has 0 radical (unpaired) electrons. The number of amides is 2. The highest BCUT2D eigenvalue weighted by Gasteiger charge is 2.32. The summed E-state index contributed by atoms with van der Waals surface area (Å²) < 4.78 is 14.7. The van der Waals surface area contributed by atoms with Crippen LogP contribution in [0.2, 0.25) is 5.02 Å². The zero-order chi connectivity index (χ0) is 25.3. The van der Waals surface area contributed by atoms with Crippen molar-refractivity contribution in [3.63, 3.8) is 0 Å². The second kappa shape index (κ2) is 12.7. The molecule has 0 unspecified atom stereocenters. The van der Waals surface area contributed by atoms with E-state index in [1.807, 2.05) is 48.5 Å². The van der Waals surface area contributed by atoms with Crippen LogP contribution in [0.3, 0.4) is 0 Å². The van der Waals surface area contributed by atoms with E-state index in [4.69, 9.17) is 11.6 Å². The molecular weight excluding hydrogens is 475 g/mol. The van der Waals surface area contributed by atoms with Gasteiger partial charge in [-0.15, -0.1) is 0 Å². The van der Waals surface area contributed by atoms with Gasteiger partial charge < -0.3 is 10.2 Å². The first-order valence-electron chi connectivity index (χ1n) is 12.6. The Kier molecular flexibility index (Phi) is 9.12. The molecule has 0 heterocycles. The fourth-order valence-electron chi connectivity index (χ4n) is 4.82. The second-order valence-corrected chi connectivity index (χ2v) is 9.81. The van der Waals surface area contributed by atoms with Gasteiger partial charge in [-0.1, -0.05) is 91.2 Å². The van der Waals surface area contributed by atoms with Crippen molar-refractivity contribution in [1.29, 1.82) is 0 Å². The molecule has 188 valence electrons. The Morgan fingerprint density at radius 1 is 0.917 bits per heavy atom. The average Bonchev–Trinajstić information content (AvgIpc) is 3.40. The number of nitrogens with one attached hydrogen (secondary N) is 1. The lowest BCUT2D eigenvalue weighted by atomic mass is 10.0. The van der Waals surface area contributed by atoms with Crippen molar-refractivity contribution in [2.75, 3.05) is 0 Å². The molecule has 1 aliphatic rings. The maximum Gasteiger partial charge on any atom is 0.243 e. The third kappa shape index (κ3) is 6.94. The molecule has 6 heteroatoms. The first kappa shape index (κ1) is 25.9. The van der Waals surface area contributed by atoms with Gasteiger partial charge in [0.15, 0.2) is 0 Å². The summed E-state index contributed by atoms with van der Waals surface area (Å²) >= 11 is 6.31. The highest BCUT2D eigenvalue weighted by molar-refractivity contribution is 6.31. The third-order valence-electron chi connectivity index (χ3n) is 6.84. The molecule has 1 N–H and O–H groups in total. The summed E-state index contributed by atoms with van der Waals surface area (Å²) in [5.41, 5.74) is 2.20. The number of nitrogens with zero attached hydrogens (tertiary/aromatic N) is 1. The molecule has 0 aliphatic heterocycles. The van der Waals surface area contributed by atoms with Crippen molar-refractivity contribution in [1.82, 2.24) is 10.2 Å². The van der Waals surface area contributed by atoms with Gasteiger partial charge >= 0.3 is 0 Å². The monoisotopic (exact) mass is 506 g/mol. The molecule has 4 rings (SSSR count). The van der Waals surface area contributed by atoms with E-state index in [1.165, 1.54) is 6.07 Å². The van der Waals surface area contributed by atoms with Crippen molar-refractivity contribution in [3.8, 4) is 0 Å². The average molecular weight is 507 g/mol. The van der Waals surface area contributed by atoms with Crippen LogP contribution < -0.4 is 5.32 Å². The van der Waals surface area contributed by atoms with Crippen LogP contribution in [0.5, 0.6) is 0 Å². The van der Waals surface area contributed by atoms with Crippen LogP contribution >= 0.6 is 11.6 Å². The molecule has 2 amide bonds. The lowest BCUT2D eigenvalue weighted by molar-refractivity contribution is -0.141. The summed E-state index contributed by atoms with van der Waals surface area (Å²) in [6.45, 7) is 0.0175. The fourth-order valence-corrected chi connectivity index (χ4v) is 5.05. The van der Waals surface area contributed by atoms with Crippen molar-refractivity contribution in [2.45, 2.75) is 63.6 Å². The van der Waals surface area contributed by atoms with E-state index < -0.39 is 11.9 Å². The Morgan fingerprint density at radius 2 is 1.56 bits per heavy atom. The van der Waals surface area contributed by atoms with Crippen molar-refractivity contribution >= 4 is 23.4 Å². The first-order valence-corrected chi connectivity index (χ1v) is 13.0. The summed E-state index contributed by atoms with van der Waals surface area (Å²) in [5, 5.41) is 3.77. The van der Waals surface area contributed by atoms with Gasteiger partial charge in [0.2, 0.25) is 11.8 Å². The Labute approximate surface area is 217 Å². The second-order valence-electron chi connectivity index (χ2n) is 9.40. The molecule has 1 atom stereocenters. The number of carbonyl (C=O) groups is 2. The largest absolute Gasteiger partial charge is 0.352 e. The molecule has 3 aromatic rings. The van der Waals surface area contributed by atoms with Crippen LogP contribution in [0.1, 0.15) is 48.8 Å². The van der Waals surface area contributed by atoms with E-state index in [1.54, 1.807) is 29.2 Å². The maximum absolute atomic E-state index is 14.7. The number of rotatable bonds is 10. The van der Waals surface area contributed by atoms with Crippen molar-refractivity contribution in [2.24, 2.45) is 0 Å². The molecule has 3 aromatic carbocycles. The molecule has 36 heavy (non-hydrogen) atoms. The third-order valence-corrected chi connectivity index (χ3v) is 7.21. The van der Waals surface area contributed by atoms with Crippen LogP contribution in [0.15, 0.2) is 78.9 Å². The quantitative estimate of drug-likeness (QED) is 0.360. The van der Waals surface area contributed by atoms with Gasteiger partial charge in [0, 0.05) is 36.0 Å². The molecule has 0 bridgehead atoms. The highest BCUT2D eigenvalue weighted by Crippen LogP contribution is 2.22. The van der Waals surface area contributed by atoms with Gasteiger partial charge in [0.05, 0.1) is 0 Å². The topological polar surface area (TPSA) is 49.4 Å². The Morgan fingerprint density at radius 3 is 2.25 bits per heavy atom. The van der Waals surface area contributed by atoms with E-state index in [0.717, 1.165) is 36.8 Å². The van der Waals surface area contributed by atoms with Crippen LogP contribution in [0.25, 0.3) is 0 Å². The minimum atomic E-state index is -0.758. The molecule has 1 aliphatic carbocycles.